The summed E-state index contributed by atoms with van der Waals surface area (Å²) in [5.74, 6) is 1.45. The van der Waals surface area contributed by atoms with Gasteiger partial charge in [-0.3, -0.25) is 20.2 Å². The maximum atomic E-state index is 11.9. The molecule has 0 saturated carbocycles. The molecule has 22 heavy (non-hydrogen) atoms. The van der Waals surface area contributed by atoms with Crippen LogP contribution in [0.15, 0.2) is 18.2 Å². The van der Waals surface area contributed by atoms with E-state index in [2.05, 4.69) is 16.6 Å². The van der Waals surface area contributed by atoms with E-state index in [9.17, 15) is 19.7 Å². The molecule has 0 unspecified atom stereocenters. The zero-order valence-corrected chi connectivity index (χ0v) is 12.2. The number of hydrogen-bond donors (Lipinski definition) is 2. The highest BCUT2D eigenvalue weighted by atomic mass is 16.6. The van der Waals surface area contributed by atoms with Crippen LogP contribution in [0.5, 0.6) is 0 Å². The van der Waals surface area contributed by atoms with Crippen molar-refractivity contribution in [3.05, 3.63) is 39.4 Å². The second kappa shape index (κ2) is 8.42. The van der Waals surface area contributed by atoms with Crippen molar-refractivity contribution < 1.29 is 14.5 Å². The van der Waals surface area contributed by atoms with E-state index in [4.69, 9.17) is 6.42 Å². The minimum absolute atomic E-state index is 0.00518. The fourth-order valence-electron chi connectivity index (χ4n) is 1.74. The average Bonchev–Trinajstić information content (AvgIpc) is 2.50. The third-order valence-corrected chi connectivity index (χ3v) is 2.91. The maximum Gasteiger partial charge on any atom is 0.321 e. The number of urea groups is 1. The molecule has 0 heterocycles. The largest absolute Gasteiger partial charge is 0.338 e. The van der Waals surface area contributed by atoms with Crippen LogP contribution >= 0.6 is 0 Å². The summed E-state index contributed by atoms with van der Waals surface area (Å²) in [6.45, 7) is 2.50. The van der Waals surface area contributed by atoms with E-state index >= 15 is 0 Å². The van der Waals surface area contributed by atoms with E-state index in [0.717, 1.165) is 25.3 Å². The first-order chi connectivity index (χ1) is 10.5. The van der Waals surface area contributed by atoms with Crippen LogP contribution < -0.4 is 10.6 Å². The highest BCUT2D eigenvalue weighted by Crippen LogP contribution is 2.19. The molecule has 0 spiro atoms. The van der Waals surface area contributed by atoms with Gasteiger partial charge >= 0.3 is 6.03 Å². The second-order valence-electron chi connectivity index (χ2n) is 4.55. The predicted octanol–water partition coefficient (Wildman–Crippen LogP) is 2.21. The number of benzene rings is 1. The van der Waals surface area contributed by atoms with Gasteiger partial charge in [0.25, 0.3) is 11.6 Å². The highest BCUT2D eigenvalue weighted by molar-refractivity contribution is 6.04. The van der Waals surface area contributed by atoms with Crippen molar-refractivity contribution in [1.82, 2.24) is 10.6 Å². The molecule has 0 atom stereocenters. The minimum atomic E-state index is -0.723. The van der Waals surface area contributed by atoms with Crippen LogP contribution in [0.25, 0.3) is 0 Å². The number of amides is 3. The molecule has 1 aromatic carbocycles. The molecule has 0 aliphatic rings. The molecule has 0 aromatic heterocycles. The quantitative estimate of drug-likeness (QED) is 0.364. The molecule has 0 aliphatic carbocycles. The monoisotopic (exact) mass is 303 g/mol. The van der Waals surface area contributed by atoms with Gasteiger partial charge < -0.3 is 5.32 Å². The smallest absolute Gasteiger partial charge is 0.321 e. The number of nitrogens with one attached hydrogen (secondary N) is 2. The maximum absolute atomic E-state index is 11.9. The van der Waals surface area contributed by atoms with Gasteiger partial charge in [0, 0.05) is 18.2 Å². The molecule has 7 heteroatoms. The molecule has 116 valence electrons. The normalized spacial score (nSPS) is 9.64. The number of terminal acetylenes is 1. The van der Waals surface area contributed by atoms with Crippen molar-refractivity contribution in [3.8, 4) is 12.3 Å². The molecule has 0 fully saturated rings. The Kier molecular flexibility index (Phi) is 6.57. The van der Waals surface area contributed by atoms with E-state index in [0.29, 0.717) is 6.54 Å². The zero-order chi connectivity index (χ0) is 16.5. The number of nitrogens with zero attached hydrogens (tertiary/aromatic N) is 1. The summed E-state index contributed by atoms with van der Waals surface area (Å²) >= 11 is 0. The summed E-state index contributed by atoms with van der Waals surface area (Å²) in [4.78, 5) is 33.6. The van der Waals surface area contributed by atoms with Crippen LogP contribution in [0.4, 0.5) is 10.5 Å². The summed E-state index contributed by atoms with van der Waals surface area (Å²) in [7, 11) is 0. The SMILES string of the molecule is C#Cc1ccc(C(=O)NC(=O)NCCCCC)cc1[N+](=O)[O-]. The zero-order valence-electron chi connectivity index (χ0n) is 12.2. The lowest BCUT2D eigenvalue weighted by molar-refractivity contribution is -0.385. The van der Waals surface area contributed by atoms with Crippen LogP contribution in [0.3, 0.4) is 0 Å². The first kappa shape index (κ1) is 17.2. The number of carbonyl (C=O) groups excluding carboxylic acids is 2. The molecule has 0 bridgehead atoms. The van der Waals surface area contributed by atoms with Crippen LogP contribution in [-0.4, -0.2) is 23.4 Å². The number of rotatable bonds is 6. The van der Waals surface area contributed by atoms with Gasteiger partial charge in [0.15, 0.2) is 0 Å². The summed E-state index contributed by atoms with van der Waals surface area (Å²) in [6, 6.07) is 3.05. The Morgan fingerprint density at radius 3 is 2.68 bits per heavy atom. The van der Waals surface area contributed by atoms with Gasteiger partial charge in [0.2, 0.25) is 0 Å². The lowest BCUT2D eigenvalue weighted by atomic mass is 10.1. The first-order valence-corrected chi connectivity index (χ1v) is 6.83. The summed E-state index contributed by atoms with van der Waals surface area (Å²) in [5.41, 5.74) is -0.279. The molecule has 0 saturated heterocycles. The molecular weight excluding hydrogens is 286 g/mol. The Hall–Kier alpha value is -2.88. The molecule has 7 nitrogen and oxygen atoms in total. The Labute approximate surface area is 128 Å². The molecule has 0 aliphatic heterocycles. The van der Waals surface area contributed by atoms with Gasteiger partial charge in [-0.2, -0.15) is 0 Å². The van der Waals surface area contributed by atoms with Crippen LogP contribution in [0.1, 0.15) is 42.1 Å². The molecule has 2 N–H and O–H groups in total. The van der Waals surface area contributed by atoms with Crippen LogP contribution in [-0.2, 0) is 0 Å². The number of carbonyl (C=O) groups is 2. The number of imide groups is 1. The molecule has 1 aromatic rings. The van der Waals surface area contributed by atoms with E-state index in [1.54, 1.807) is 0 Å². The lowest BCUT2D eigenvalue weighted by Crippen LogP contribution is -2.39. The number of nitro benzene ring substituents is 1. The molecule has 1 rings (SSSR count). The van der Waals surface area contributed by atoms with Crippen molar-refractivity contribution in [2.75, 3.05) is 6.54 Å². The Morgan fingerprint density at radius 1 is 1.36 bits per heavy atom. The topological polar surface area (TPSA) is 101 Å². The summed E-state index contributed by atoms with van der Waals surface area (Å²) in [6.07, 6.45) is 7.98. The Morgan fingerprint density at radius 2 is 2.09 bits per heavy atom. The van der Waals surface area contributed by atoms with Crippen molar-refractivity contribution in [2.45, 2.75) is 26.2 Å². The van der Waals surface area contributed by atoms with Gasteiger partial charge in [0.05, 0.1) is 4.92 Å². The minimum Gasteiger partial charge on any atom is -0.338 e. The number of nitro groups is 1. The Bertz CT molecular complexity index is 620. The third-order valence-electron chi connectivity index (χ3n) is 2.91. The van der Waals surface area contributed by atoms with Gasteiger partial charge in [-0.15, -0.1) is 6.42 Å². The lowest BCUT2D eigenvalue weighted by Gasteiger charge is -2.06. The summed E-state index contributed by atoms with van der Waals surface area (Å²) in [5, 5.41) is 15.5. The fraction of sp³-hybridized carbons (Fsp3) is 0.333. The van der Waals surface area contributed by atoms with Gasteiger partial charge in [0.1, 0.15) is 5.56 Å². The van der Waals surface area contributed by atoms with Gasteiger partial charge in [-0.1, -0.05) is 25.7 Å². The third kappa shape index (κ3) is 4.90. The molecule has 0 radical (unpaired) electrons. The van der Waals surface area contributed by atoms with Crippen LogP contribution in [0, 0.1) is 22.5 Å². The number of hydrogen-bond acceptors (Lipinski definition) is 4. The van der Waals surface area contributed by atoms with E-state index < -0.39 is 16.9 Å². The molecular formula is C15H17N3O4. The van der Waals surface area contributed by atoms with Crippen molar-refractivity contribution in [3.63, 3.8) is 0 Å². The average molecular weight is 303 g/mol. The van der Waals surface area contributed by atoms with Crippen LogP contribution in [0.2, 0.25) is 0 Å². The van der Waals surface area contributed by atoms with E-state index in [1.165, 1.54) is 12.1 Å². The number of unbranched alkanes of at least 4 members (excludes halogenated alkanes) is 2. The second-order valence-corrected chi connectivity index (χ2v) is 4.55. The first-order valence-electron chi connectivity index (χ1n) is 6.83. The Balaban J connectivity index is 2.70. The van der Waals surface area contributed by atoms with Gasteiger partial charge in [-0.25, -0.2) is 4.79 Å². The standard InChI is InChI=1S/C15H17N3O4/c1-3-5-6-9-16-15(20)17-14(19)12-8-7-11(4-2)13(10-12)18(21)22/h2,7-8,10H,3,5-6,9H2,1H3,(H2,16,17,19,20). The van der Waals surface area contributed by atoms with Crippen molar-refractivity contribution >= 4 is 17.6 Å². The van der Waals surface area contributed by atoms with Crippen molar-refractivity contribution in [1.29, 1.82) is 0 Å². The van der Waals surface area contributed by atoms with Crippen molar-refractivity contribution in [2.24, 2.45) is 0 Å². The van der Waals surface area contributed by atoms with E-state index in [-0.39, 0.29) is 16.8 Å². The van der Waals surface area contributed by atoms with Gasteiger partial charge in [-0.05, 0) is 18.6 Å². The fourth-order valence-corrected chi connectivity index (χ4v) is 1.74. The predicted molar refractivity (Wildman–Crippen MR) is 81.4 cm³/mol. The summed E-state index contributed by atoms with van der Waals surface area (Å²) < 4.78 is 0. The molecule has 3 amide bonds. The highest BCUT2D eigenvalue weighted by Gasteiger charge is 2.17. The van der Waals surface area contributed by atoms with E-state index in [1.807, 2.05) is 6.92 Å².